The average Bonchev–Trinajstić information content (AvgIpc) is 2.89. The Hall–Kier alpha value is -1.53. The Labute approximate surface area is 128 Å². The molecule has 0 spiro atoms. The van der Waals surface area contributed by atoms with Crippen molar-refractivity contribution in [2.45, 2.75) is 12.7 Å². The van der Waals surface area contributed by atoms with Gasteiger partial charge in [-0.25, -0.2) is 0 Å². The molecule has 2 nitrogen and oxygen atoms in total. The maximum atomic E-state index is 12.7. The zero-order valence-corrected chi connectivity index (χ0v) is 12.3. The van der Waals surface area contributed by atoms with E-state index in [4.69, 9.17) is 11.6 Å². The first kappa shape index (κ1) is 15.9. The van der Waals surface area contributed by atoms with Crippen molar-refractivity contribution in [3.05, 3.63) is 57.2 Å². The van der Waals surface area contributed by atoms with Gasteiger partial charge in [0.2, 0.25) is 0 Å². The van der Waals surface area contributed by atoms with E-state index in [1.54, 1.807) is 29.0 Å². The van der Waals surface area contributed by atoms with E-state index in [1.807, 2.05) is 0 Å². The molecule has 0 N–H and O–H groups in total. The molecule has 0 saturated carbocycles. The Kier molecular flexibility index (Phi) is 4.90. The molecule has 0 aliphatic rings. The average molecular weight is 334 g/mol. The van der Waals surface area contributed by atoms with Crippen molar-refractivity contribution in [1.29, 1.82) is 0 Å². The molecule has 0 radical (unpaired) electrons. The van der Waals surface area contributed by atoms with Crippen molar-refractivity contribution in [2.75, 3.05) is 6.54 Å². The highest BCUT2D eigenvalue weighted by Gasteiger charge is 2.33. The topological polar surface area (TPSA) is 20.3 Å². The zero-order valence-electron chi connectivity index (χ0n) is 10.7. The molecule has 0 bridgehead atoms. The second-order valence-electron chi connectivity index (χ2n) is 4.39. The monoisotopic (exact) mass is 333 g/mol. The van der Waals surface area contributed by atoms with Crippen molar-refractivity contribution >= 4 is 28.8 Å². The molecule has 112 valence electrons. The lowest BCUT2D eigenvalue weighted by Gasteiger charge is -2.24. The summed E-state index contributed by atoms with van der Waals surface area (Å²) in [6.07, 6.45) is -4.47. The van der Waals surface area contributed by atoms with Gasteiger partial charge in [-0.2, -0.15) is 24.5 Å². The Morgan fingerprint density at radius 2 is 1.95 bits per heavy atom. The van der Waals surface area contributed by atoms with E-state index in [1.165, 1.54) is 23.5 Å². The van der Waals surface area contributed by atoms with Gasteiger partial charge < -0.3 is 4.90 Å². The van der Waals surface area contributed by atoms with Crippen molar-refractivity contribution in [2.24, 2.45) is 0 Å². The normalized spacial score (nSPS) is 11.4. The Morgan fingerprint density at radius 3 is 2.52 bits per heavy atom. The Balaban J connectivity index is 2.26. The van der Waals surface area contributed by atoms with E-state index >= 15 is 0 Å². The van der Waals surface area contributed by atoms with Crippen LogP contribution in [0, 0.1) is 0 Å². The summed E-state index contributed by atoms with van der Waals surface area (Å²) >= 11 is 7.25. The summed E-state index contributed by atoms with van der Waals surface area (Å²) < 4.78 is 38.1. The van der Waals surface area contributed by atoms with E-state index in [-0.39, 0.29) is 17.1 Å². The first-order valence-corrected chi connectivity index (χ1v) is 7.30. The molecule has 0 fully saturated rings. The summed E-state index contributed by atoms with van der Waals surface area (Å²) in [5.41, 5.74) is 0.725. The molecule has 1 aromatic carbocycles. The number of amides is 1. The third-order valence-electron chi connectivity index (χ3n) is 2.72. The van der Waals surface area contributed by atoms with Crippen molar-refractivity contribution < 1.29 is 18.0 Å². The van der Waals surface area contributed by atoms with Gasteiger partial charge in [0.1, 0.15) is 6.54 Å². The molecule has 2 rings (SSSR count). The number of nitrogens with zero attached hydrogens (tertiary/aromatic N) is 1. The van der Waals surface area contributed by atoms with Gasteiger partial charge in [-0.05, 0) is 34.5 Å². The van der Waals surface area contributed by atoms with Crippen LogP contribution in [0.1, 0.15) is 15.9 Å². The Bertz CT molecular complexity index is 613. The van der Waals surface area contributed by atoms with Crippen molar-refractivity contribution in [3.63, 3.8) is 0 Å². The van der Waals surface area contributed by atoms with Crippen molar-refractivity contribution in [3.8, 4) is 0 Å². The maximum Gasteiger partial charge on any atom is 0.406 e. The summed E-state index contributed by atoms with van der Waals surface area (Å²) in [4.78, 5) is 13.1. The van der Waals surface area contributed by atoms with Gasteiger partial charge in [-0.15, -0.1) is 0 Å². The Morgan fingerprint density at radius 1 is 1.24 bits per heavy atom. The smallest absolute Gasteiger partial charge is 0.325 e. The fourth-order valence-corrected chi connectivity index (χ4v) is 2.70. The molecule has 2 aromatic rings. The van der Waals surface area contributed by atoms with E-state index in [0.717, 1.165) is 4.90 Å². The predicted molar refractivity (Wildman–Crippen MR) is 76.6 cm³/mol. The highest BCUT2D eigenvalue weighted by molar-refractivity contribution is 7.07. The minimum atomic E-state index is -4.47. The number of hydrogen-bond acceptors (Lipinski definition) is 2. The number of carbonyl (C=O) groups is 1. The van der Waals surface area contributed by atoms with Gasteiger partial charge >= 0.3 is 6.18 Å². The molecule has 21 heavy (non-hydrogen) atoms. The fourth-order valence-electron chi connectivity index (χ4n) is 1.82. The van der Waals surface area contributed by atoms with E-state index in [0.29, 0.717) is 5.56 Å². The van der Waals surface area contributed by atoms with Gasteiger partial charge in [-0.3, -0.25) is 4.79 Å². The number of carbonyl (C=O) groups excluding carboxylic acids is 1. The summed E-state index contributed by atoms with van der Waals surface area (Å²) in [7, 11) is 0. The third kappa shape index (κ3) is 4.47. The molecule has 7 heteroatoms. The van der Waals surface area contributed by atoms with Crippen LogP contribution < -0.4 is 0 Å². The number of rotatable bonds is 4. The first-order valence-electron chi connectivity index (χ1n) is 5.98. The molecule has 0 aliphatic carbocycles. The summed E-state index contributed by atoms with van der Waals surface area (Å²) in [6.45, 7) is -1.42. The molecule has 0 atom stereocenters. The van der Waals surface area contributed by atoms with Crippen LogP contribution in [0.3, 0.4) is 0 Å². The van der Waals surface area contributed by atoms with Gasteiger partial charge in [0, 0.05) is 6.54 Å². The summed E-state index contributed by atoms with van der Waals surface area (Å²) in [5.74, 6) is -0.732. The van der Waals surface area contributed by atoms with Crippen LogP contribution in [0.2, 0.25) is 5.02 Å². The molecular formula is C14H11ClF3NOS. The lowest BCUT2D eigenvalue weighted by Crippen LogP contribution is -2.38. The minimum absolute atomic E-state index is 0.0682. The van der Waals surface area contributed by atoms with Gasteiger partial charge in [0.05, 0.1) is 10.6 Å². The molecule has 0 aliphatic heterocycles. The minimum Gasteiger partial charge on any atom is -0.325 e. The second-order valence-corrected chi connectivity index (χ2v) is 5.58. The summed E-state index contributed by atoms with van der Waals surface area (Å²) in [5, 5.41) is 3.60. The van der Waals surface area contributed by atoms with Crippen LogP contribution in [0.15, 0.2) is 41.1 Å². The fraction of sp³-hybridized carbons (Fsp3) is 0.214. The number of benzene rings is 1. The van der Waals surface area contributed by atoms with Gasteiger partial charge in [0.25, 0.3) is 5.91 Å². The second kappa shape index (κ2) is 6.49. The van der Waals surface area contributed by atoms with E-state index in [9.17, 15) is 18.0 Å². The molecule has 0 saturated heterocycles. The lowest BCUT2D eigenvalue weighted by molar-refractivity contribution is -0.141. The zero-order chi connectivity index (χ0) is 15.5. The van der Waals surface area contributed by atoms with Gasteiger partial charge in [0.15, 0.2) is 0 Å². The van der Waals surface area contributed by atoms with Crippen LogP contribution in [0.4, 0.5) is 13.2 Å². The van der Waals surface area contributed by atoms with Crippen LogP contribution >= 0.6 is 22.9 Å². The molecule has 0 unspecified atom stereocenters. The number of thiophene rings is 1. The highest BCUT2D eigenvalue weighted by atomic mass is 35.5. The standard InChI is InChI=1S/C14H11ClF3NOS/c15-12-4-2-1-3-11(12)13(20)19(9-14(16,17)18)7-10-5-6-21-8-10/h1-6,8H,7,9H2. The largest absolute Gasteiger partial charge is 0.406 e. The molecule has 1 aromatic heterocycles. The van der Waals surface area contributed by atoms with Crippen LogP contribution in [0.5, 0.6) is 0 Å². The number of halogens is 4. The summed E-state index contributed by atoms with van der Waals surface area (Å²) in [6, 6.07) is 7.77. The quantitative estimate of drug-likeness (QED) is 0.800. The predicted octanol–water partition coefficient (Wildman–Crippen LogP) is 4.61. The number of hydrogen-bond donors (Lipinski definition) is 0. The number of alkyl halides is 3. The maximum absolute atomic E-state index is 12.7. The SMILES string of the molecule is O=C(c1ccccc1Cl)N(Cc1ccsc1)CC(F)(F)F. The lowest BCUT2D eigenvalue weighted by atomic mass is 10.2. The molecule has 1 heterocycles. The first-order chi connectivity index (χ1) is 9.87. The highest BCUT2D eigenvalue weighted by Crippen LogP contribution is 2.23. The third-order valence-corrected chi connectivity index (χ3v) is 3.78. The molecule has 1 amide bonds. The molecular weight excluding hydrogens is 323 g/mol. The van der Waals surface area contributed by atoms with Gasteiger partial charge in [-0.1, -0.05) is 23.7 Å². The van der Waals surface area contributed by atoms with Crippen molar-refractivity contribution in [1.82, 2.24) is 4.90 Å². The van der Waals surface area contributed by atoms with Crippen LogP contribution in [-0.2, 0) is 6.54 Å². The van der Waals surface area contributed by atoms with E-state index < -0.39 is 18.6 Å². The van der Waals surface area contributed by atoms with E-state index in [2.05, 4.69) is 0 Å². The van der Waals surface area contributed by atoms with Crippen LogP contribution in [0.25, 0.3) is 0 Å². The van der Waals surface area contributed by atoms with Crippen LogP contribution in [-0.4, -0.2) is 23.5 Å².